The highest BCUT2D eigenvalue weighted by molar-refractivity contribution is 14.0. The Labute approximate surface area is 146 Å². The largest absolute Gasteiger partial charge is 0.370 e. The van der Waals surface area contributed by atoms with Crippen LogP contribution in [0.4, 0.5) is 4.39 Å². The zero-order valence-corrected chi connectivity index (χ0v) is 15.1. The molecule has 2 fully saturated rings. The number of hydrogen-bond acceptors (Lipinski definition) is 2. The molecule has 21 heavy (non-hydrogen) atoms. The van der Waals surface area contributed by atoms with E-state index in [0.717, 1.165) is 43.0 Å². The SMILES string of the molecule is I.NC(=NCC1(c2cccc(F)c2)CC1)N1CCSCC1. The van der Waals surface area contributed by atoms with E-state index in [2.05, 4.69) is 9.89 Å². The summed E-state index contributed by atoms with van der Waals surface area (Å²) in [6.45, 7) is 2.63. The second-order valence-corrected chi connectivity index (χ2v) is 6.79. The van der Waals surface area contributed by atoms with E-state index in [0.29, 0.717) is 12.5 Å². The van der Waals surface area contributed by atoms with E-state index in [-0.39, 0.29) is 35.2 Å². The minimum absolute atomic E-state index is 0. The van der Waals surface area contributed by atoms with E-state index in [1.165, 1.54) is 6.07 Å². The highest BCUT2D eigenvalue weighted by Gasteiger charge is 2.44. The molecule has 0 radical (unpaired) electrons. The smallest absolute Gasteiger partial charge is 0.191 e. The summed E-state index contributed by atoms with van der Waals surface area (Å²) >= 11 is 1.96. The van der Waals surface area contributed by atoms with Gasteiger partial charge in [-0.25, -0.2) is 4.39 Å². The van der Waals surface area contributed by atoms with Gasteiger partial charge in [-0.2, -0.15) is 11.8 Å². The molecule has 0 atom stereocenters. The summed E-state index contributed by atoms with van der Waals surface area (Å²) in [5.41, 5.74) is 7.17. The highest BCUT2D eigenvalue weighted by atomic mass is 127. The van der Waals surface area contributed by atoms with Crippen LogP contribution < -0.4 is 5.73 Å². The minimum atomic E-state index is -0.168. The maximum absolute atomic E-state index is 13.3. The first-order chi connectivity index (χ1) is 9.70. The van der Waals surface area contributed by atoms with E-state index < -0.39 is 0 Å². The molecule has 6 heteroatoms. The Hall–Kier alpha value is -0.500. The van der Waals surface area contributed by atoms with Crippen molar-refractivity contribution >= 4 is 41.7 Å². The topological polar surface area (TPSA) is 41.6 Å². The van der Waals surface area contributed by atoms with Crippen LogP contribution in [0.15, 0.2) is 29.3 Å². The second-order valence-electron chi connectivity index (χ2n) is 5.56. The van der Waals surface area contributed by atoms with Crippen LogP contribution in [0, 0.1) is 5.82 Å². The first-order valence-electron chi connectivity index (χ1n) is 7.08. The van der Waals surface area contributed by atoms with Crippen molar-refractivity contribution in [3.05, 3.63) is 35.6 Å². The molecule has 2 N–H and O–H groups in total. The van der Waals surface area contributed by atoms with Gasteiger partial charge in [-0.1, -0.05) is 12.1 Å². The van der Waals surface area contributed by atoms with Crippen molar-refractivity contribution in [2.24, 2.45) is 10.7 Å². The van der Waals surface area contributed by atoms with Crippen molar-refractivity contribution in [2.75, 3.05) is 31.1 Å². The molecule has 2 aliphatic rings. The second kappa shape index (κ2) is 7.17. The summed E-state index contributed by atoms with van der Waals surface area (Å²) in [5.74, 6) is 2.71. The molecule has 1 saturated heterocycles. The van der Waals surface area contributed by atoms with E-state index in [1.54, 1.807) is 12.1 Å². The summed E-state index contributed by atoms with van der Waals surface area (Å²) in [4.78, 5) is 6.73. The summed E-state index contributed by atoms with van der Waals surface area (Å²) in [6.07, 6.45) is 2.15. The lowest BCUT2D eigenvalue weighted by molar-refractivity contribution is 0.454. The molecule has 0 bridgehead atoms. The third-order valence-corrected chi connectivity index (χ3v) is 5.11. The van der Waals surface area contributed by atoms with Crippen LogP contribution in [-0.4, -0.2) is 42.0 Å². The molecule has 3 rings (SSSR count). The predicted octanol–water partition coefficient (Wildman–Crippen LogP) is 2.84. The standard InChI is InChI=1S/C15H20FN3S.HI/c16-13-3-1-2-12(10-13)15(4-5-15)11-18-14(17)19-6-8-20-9-7-19;/h1-3,10H,4-9,11H2,(H2,17,18);1H. The van der Waals surface area contributed by atoms with E-state index >= 15 is 0 Å². The fourth-order valence-corrected chi connectivity index (χ4v) is 3.54. The Bertz CT molecular complexity index is 513. The van der Waals surface area contributed by atoms with Crippen molar-refractivity contribution in [3.8, 4) is 0 Å². The molecular formula is C15H21FIN3S. The maximum atomic E-state index is 13.3. The molecule has 116 valence electrons. The van der Waals surface area contributed by atoms with Gasteiger partial charge in [0.15, 0.2) is 5.96 Å². The minimum Gasteiger partial charge on any atom is -0.370 e. The Balaban J connectivity index is 0.00000161. The lowest BCUT2D eigenvalue weighted by Crippen LogP contribution is -2.43. The van der Waals surface area contributed by atoms with Gasteiger partial charge < -0.3 is 10.6 Å². The molecule has 3 nitrogen and oxygen atoms in total. The number of thioether (sulfide) groups is 1. The first kappa shape index (κ1) is 16.9. The fourth-order valence-electron chi connectivity index (χ4n) is 2.63. The van der Waals surface area contributed by atoms with Gasteiger partial charge >= 0.3 is 0 Å². The van der Waals surface area contributed by atoms with Gasteiger partial charge in [-0.15, -0.1) is 24.0 Å². The Morgan fingerprint density at radius 1 is 1.33 bits per heavy atom. The average Bonchev–Trinajstić information content (AvgIpc) is 3.27. The van der Waals surface area contributed by atoms with Crippen LogP contribution in [0.3, 0.4) is 0 Å². The van der Waals surface area contributed by atoms with Crippen LogP contribution in [0.25, 0.3) is 0 Å². The molecule has 1 heterocycles. The first-order valence-corrected chi connectivity index (χ1v) is 8.24. The zero-order valence-electron chi connectivity index (χ0n) is 11.9. The Morgan fingerprint density at radius 2 is 2.05 bits per heavy atom. The molecule has 0 amide bonds. The zero-order chi connectivity index (χ0) is 14.0. The molecule has 1 saturated carbocycles. The van der Waals surface area contributed by atoms with Crippen LogP contribution in [0.1, 0.15) is 18.4 Å². The molecule has 1 aromatic carbocycles. The van der Waals surface area contributed by atoms with Gasteiger partial charge in [0, 0.05) is 30.0 Å². The molecule has 0 aromatic heterocycles. The van der Waals surface area contributed by atoms with E-state index in [1.807, 2.05) is 17.8 Å². The highest BCUT2D eigenvalue weighted by Crippen LogP contribution is 2.48. The number of rotatable bonds is 3. The van der Waals surface area contributed by atoms with Crippen molar-refractivity contribution in [2.45, 2.75) is 18.3 Å². The molecule has 0 spiro atoms. The molecule has 1 aliphatic heterocycles. The van der Waals surface area contributed by atoms with E-state index in [4.69, 9.17) is 5.73 Å². The third kappa shape index (κ3) is 4.03. The summed E-state index contributed by atoms with van der Waals surface area (Å²) < 4.78 is 13.3. The molecule has 1 aliphatic carbocycles. The number of guanidine groups is 1. The Kier molecular flexibility index (Phi) is 5.76. The number of hydrogen-bond donors (Lipinski definition) is 1. The number of halogens is 2. The quantitative estimate of drug-likeness (QED) is 0.464. The van der Waals surface area contributed by atoms with Gasteiger partial charge in [-0.3, -0.25) is 4.99 Å². The number of benzene rings is 1. The van der Waals surface area contributed by atoms with Gasteiger partial charge in [-0.05, 0) is 30.5 Å². The fraction of sp³-hybridized carbons (Fsp3) is 0.533. The number of aliphatic imine (C=N–C) groups is 1. The van der Waals surface area contributed by atoms with Crippen molar-refractivity contribution in [1.29, 1.82) is 0 Å². The lowest BCUT2D eigenvalue weighted by atomic mass is 9.96. The van der Waals surface area contributed by atoms with Gasteiger partial charge in [0.05, 0.1) is 6.54 Å². The van der Waals surface area contributed by atoms with Crippen LogP contribution in [0.5, 0.6) is 0 Å². The van der Waals surface area contributed by atoms with Crippen LogP contribution >= 0.6 is 35.7 Å². The number of nitrogens with zero attached hydrogens (tertiary/aromatic N) is 2. The van der Waals surface area contributed by atoms with Crippen LogP contribution in [0.2, 0.25) is 0 Å². The average molecular weight is 421 g/mol. The van der Waals surface area contributed by atoms with Crippen LogP contribution in [-0.2, 0) is 5.41 Å². The molecule has 1 aromatic rings. The third-order valence-electron chi connectivity index (χ3n) is 4.17. The van der Waals surface area contributed by atoms with Crippen molar-refractivity contribution < 1.29 is 4.39 Å². The lowest BCUT2D eigenvalue weighted by Gasteiger charge is -2.27. The molecular weight excluding hydrogens is 400 g/mol. The predicted molar refractivity (Wildman–Crippen MR) is 98.1 cm³/mol. The summed E-state index contributed by atoms with van der Waals surface area (Å²) in [5, 5.41) is 0. The summed E-state index contributed by atoms with van der Waals surface area (Å²) in [7, 11) is 0. The van der Waals surface area contributed by atoms with Crippen molar-refractivity contribution in [3.63, 3.8) is 0 Å². The van der Waals surface area contributed by atoms with Gasteiger partial charge in [0.2, 0.25) is 0 Å². The monoisotopic (exact) mass is 421 g/mol. The van der Waals surface area contributed by atoms with Gasteiger partial charge in [0.1, 0.15) is 5.82 Å². The normalized spacial score (nSPS) is 20.8. The Morgan fingerprint density at radius 3 is 2.67 bits per heavy atom. The summed E-state index contributed by atoms with van der Waals surface area (Å²) in [6, 6.07) is 6.90. The molecule has 0 unspecified atom stereocenters. The van der Waals surface area contributed by atoms with Crippen molar-refractivity contribution in [1.82, 2.24) is 4.90 Å². The van der Waals surface area contributed by atoms with Gasteiger partial charge in [0.25, 0.3) is 0 Å². The maximum Gasteiger partial charge on any atom is 0.191 e. The van der Waals surface area contributed by atoms with E-state index in [9.17, 15) is 4.39 Å². The number of nitrogens with two attached hydrogens (primary N) is 1.